The molecule has 0 bridgehead atoms. The summed E-state index contributed by atoms with van der Waals surface area (Å²) >= 11 is 1.67. The van der Waals surface area contributed by atoms with Gasteiger partial charge in [0.05, 0.1) is 12.7 Å². The van der Waals surface area contributed by atoms with Crippen LogP contribution in [0.3, 0.4) is 0 Å². The van der Waals surface area contributed by atoms with Crippen molar-refractivity contribution in [3.63, 3.8) is 0 Å². The van der Waals surface area contributed by atoms with Gasteiger partial charge in [0.2, 0.25) is 5.91 Å². The van der Waals surface area contributed by atoms with Gasteiger partial charge in [-0.25, -0.2) is 0 Å². The summed E-state index contributed by atoms with van der Waals surface area (Å²) in [4.78, 5) is 27.2. The SMILES string of the molecule is COc1ccccc1C(=O)NC(CCSC)C(=O)N1CCNCC1.Cl. The maximum atomic E-state index is 12.8. The number of hydrogen-bond donors (Lipinski definition) is 2. The van der Waals surface area contributed by atoms with Crippen LogP contribution in [-0.2, 0) is 4.79 Å². The molecule has 0 saturated carbocycles. The van der Waals surface area contributed by atoms with E-state index in [4.69, 9.17) is 4.74 Å². The van der Waals surface area contributed by atoms with Crippen LogP contribution in [0.4, 0.5) is 0 Å². The first-order valence-corrected chi connectivity index (χ1v) is 9.49. The number of para-hydroxylation sites is 1. The molecule has 140 valence electrons. The minimum absolute atomic E-state index is 0. The molecule has 1 aromatic rings. The number of thioether (sulfide) groups is 1. The molecule has 25 heavy (non-hydrogen) atoms. The van der Waals surface area contributed by atoms with Gasteiger partial charge >= 0.3 is 0 Å². The van der Waals surface area contributed by atoms with E-state index in [2.05, 4.69) is 10.6 Å². The second kappa shape index (κ2) is 11.2. The lowest BCUT2D eigenvalue weighted by molar-refractivity contribution is -0.133. The molecular formula is C17H26ClN3O3S. The van der Waals surface area contributed by atoms with Gasteiger partial charge in [-0.3, -0.25) is 9.59 Å². The van der Waals surface area contributed by atoms with Crippen LogP contribution >= 0.6 is 24.2 Å². The Balaban J connectivity index is 0.00000312. The molecule has 2 N–H and O–H groups in total. The summed E-state index contributed by atoms with van der Waals surface area (Å²) in [6, 6.07) is 6.53. The molecule has 0 aromatic heterocycles. The van der Waals surface area contributed by atoms with Crippen LogP contribution in [0.1, 0.15) is 16.8 Å². The zero-order valence-corrected chi connectivity index (χ0v) is 16.3. The van der Waals surface area contributed by atoms with Gasteiger partial charge in [-0.2, -0.15) is 11.8 Å². The molecule has 6 nitrogen and oxygen atoms in total. The van der Waals surface area contributed by atoms with Crippen molar-refractivity contribution >= 4 is 36.0 Å². The number of methoxy groups -OCH3 is 1. The molecule has 1 aliphatic rings. The molecule has 2 rings (SSSR count). The van der Waals surface area contributed by atoms with Gasteiger partial charge in [-0.05, 0) is 30.6 Å². The van der Waals surface area contributed by atoms with Crippen molar-refractivity contribution < 1.29 is 14.3 Å². The predicted octanol–water partition coefficient (Wildman–Crippen LogP) is 1.40. The molecule has 1 saturated heterocycles. The molecule has 1 aliphatic heterocycles. The van der Waals surface area contributed by atoms with Gasteiger partial charge in [0, 0.05) is 26.2 Å². The highest BCUT2D eigenvalue weighted by Crippen LogP contribution is 2.17. The Labute approximate surface area is 159 Å². The number of nitrogens with one attached hydrogen (secondary N) is 2. The Morgan fingerprint density at radius 3 is 2.64 bits per heavy atom. The highest BCUT2D eigenvalue weighted by Gasteiger charge is 2.27. The van der Waals surface area contributed by atoms with E-state index in [1.54, 1.807) is 30.0 Å². The van der Waals surface area contributed by atoms with E-state index in [0.29, 0.717) is 30.8 Å². The number of carbonyl (C=O) groups is 2. The van der Waals surface area contributed by atoms with E-state index in [1.807, 2.05) is 17.2 Å². The summed E-state index contributed by atoms with van der Waals surface area (Å²) in [5.41, 5.74) is 0.447. The van der Waals surface area contributed by atoms with Crippen LogP contribution in [0.25, 0.3) is 0 Å². The summed E-state index contributed by atoms with van der Waals surface area (Å²) < 4.78 is 5.24. The topological polar surface area (TPSA) is 70.7 Å². The first kappa shape index (κ1) is 21.6. The average Bonchev–Trinajstić information content (AvgIpc) is 2.65. The molecule has 1 aromatic carbocycles. The zero-order valence-electron chi connectivity index (χ0n) is 14.6. The van der Waals surface area contributed by atoms with Crippen molar-refractivity contribution in [3.05, 3.63) is 29.8 Å². The van der Waals surface area contributed by atoms with Crippen LogP contribution < -0.4 is 15.4 Å². The Morgan fingerprint density at radius 2 is 2.00 bits per heavy atom. The Morgan fingerprint density at radius 1 is 1.32 bits per heavy atom. The van der Waals surface area contributed by atoms with Crippen molar-refractivity contribution in [2.45, 2.75) is 12.5 Å². The number of halogens is 1. The first-order chi connectivity index (χ1) is 11.7. The van der Waals surface area contributed by atoms with E-state index in [1.165, 1.54) is 7.11 Å². The lowest BCUT2D eigenvalue weighted by Gasteiger charge is -2.31. The van der Waals surface area contributed by atoms with E-state index >= 15 is 0 Å². The summed E-state index contributed by atoms with van der Waals surface area (Å²) in [6.07, 6.45) is 2.61. The van der Waals surface area contributed by atoms with Gasteiger partial charge < -0.3 is 20.3 Å². The van der Waals surface area contributed by atoms with Gasteiger partial charge in [0.15, 0.2) is 0 Å². The molecule has 1 unspecified atom stereocenters. The molecule has 1 heterocycles. The van der Waals surface area contributed by atoms with E-state index in [-0.39, 0.29) is 24.2 Å². The maximum absolute atomic E-state index is 12.8. The molecule has 8 heteroatoms. The van der Waals surface area contributed by atoms with Crippen LogP contribution in [-0.4, -0.2) is 68.1 Å². The number of carbonyl (C=O) groups excluding carboxylic acids is 2. The largest absolute Gasteiger partial charge is 0.496 e. The number of amides is 2. The molecule has 1 fully saturated rings. The van der Waals surface area contributed by atoms with E-state index in [0.717, 1.165) is 18.8 Å². The number of nitrogens with zero attached hydrogens (tertiary/aromatic N) is 1. The summed E-state index contributed by atoms with van der Waals surface area (Å²) in [5, 5.41) is 6.13. The normalized spacial score (nSPS) is 15.0. The average molecular weight is 388 g/mol. The number of piperazine rings is 1. The third kappa shape index (κ3) is 6.09. The third-order valence-corrected chi connectivity index (χ3v) is 4.64. The first-order valence-electron chi connectivity index (χ1n) is 8.09. The summed E-state index contributed by atoms with van der Waals surface area (Å²) in [6.45, 7) is 2.95. The highest BCUT2D eigenvalue weighted by molar-refractivity contribution is 7.98. The third-order valence-electron chi connectivity index (χ3n) is 3.99. The van der Waals surface area contributed by atoms with Gasteiger partial charge in [0.1, 0.15) is 11.8 Å². The van der Waals surface area contributed by atoms with Crippen molar-refractivity contribution in [3.8, 4) is 5.75 Å². The van der Waals surface area contributed by atoms with Crippen molar-refractivity contribution in [1.29, 1.82) is 0 Å². The maximum Gasteiger partial charge on any atom is 0.255 e. The molecular weight excluding hydrogens is 362 g/mol. The quantitative estimate of drug-likeness (QED) is 0.740. The summed E-state index contributed by atoms with van der Waals surface area (Å²) in [5.74, 6) is 1.04. The fourth-order valence-electron chi connectivity index (χ4n) is 2.67. The van der Waals surface area contributed by atoms with E-state index in [9.17, 15) is 9.59 Å². The van der Waals surface area contributed by atoms with Crippen LogP contribution in [0, 0.1) is 0 Å². The van der Waals surface area contributed by atoms with Crippen LogP contribution in [0.2, 0.25) is 0 Å². The van der Waals surface area contributed by atoms with E-state index < -0.39 is 6.04 Å². The Bertz CT molecular complexity index is 568. The molecule has 2 amide bonds. The Hall–Kier alpha value is -1.44. The predicted molar refractivity (Wildman–Crippen MR) is 104 cm³/mol. The van der Waals surface area contributed by atoms with Gasteiger partial charge in [-0.15, -0.1) is 12.4 Å². The van der Waals surface area contributed by atoms with Crippen LogP contribution in [0.5, 0.6) is 5.75 Å². The smallest absolute Gasteiger partial charge is 0.255 e. The number of ether oxygens (including phenoxy) is 1. The fourth-order valence-corrected chi connectivity index (χ4v) is 3.14. The van der Waals surface area contributed by atoms with Crippen molar-refractivity contribution in [2.24, 2.45) is 0 Å². The number of benzene rings is 1. The second-order valence-electron chi connectivity index (χ2n) is 5.58. The van der Waals surface area contributed by atoms with Gasteiger partial charge in [-0.1, -0.05) is 12.1 Å². The lowest BCUT2D eigenvalue weighted by Crippen LogP contribution is -2.54. The number of rotatable bonds is 7. The molecule has 1 atom stereocenters. The summed E-state index contributed by atoms with van der Waals surface area (Å²) in [7, 11) is 1.53. The van der Waals surface area contributed by atoms with Crippen molar-refractivity contribution in [2.75, 3.05) is 45.3 Å². The highest BCUT2D eigenvalue weighted by atomic mass is 35.5. The fraction of sp³-hybridized carbons (Fsp3) is 0.529. The monoisotopic (exact) mass is 387 g/mol. The second-order valence-corrected chi connectivity index (χ2v) is 6.57. The van der Waals surface area contributed by atoms with Crippen LogP contribution in [0.15, 0.2) is 24.3 Å². The molecule has 0 radical (unpaired) electrons. The number of hydrogen-bond acceptors (Lipinski definition) is 5. The van der Waals surface area contributed by atoms with Gasteiger partial charge in [0.25, 0.3) is 5.91 Å². The molecule has 0 aliphatic carbocycles. The van der Waals surface area contributed by atoms with Crippen molar-refractivity contribution in [1.82, 2.24) is 15.5 Å². The lowest BCUT2D eigenvalue weighted by atomic mass is 10.1. The minimum Gasteiger partial charge on any atom is -0.496 e. The zero-order chi connectivity index (χ0) is 17.4. The molecule has 0 spiro atoms. The minimum atomic E-state index is -0.507. The standard InChI is InChI=1S/C17H25N3O3S.ClH/c1-23-15-6-4-3-5-13(15)16(21)19-14(7-12-24-2)17(22)20-10-8-18-9-11-20;/h3-6,14,18H,7-12H2,1-2H3,(H,19,21);1H. The Kier molecular flexibility index (Phi) is 9.70.